The highest BCUT2D eigenvalue weighted by molar-refractivity contribution is 5.97. The number of phenols is 1. The van der Waals surface area contributed by atoms with E-state index >= 15 is 0 Å². The Morgan fingerprint density at radius 2 is 2.11 bits per heavy atom. The molecule has 102 valence electrons. The van der Waals surface area contributed by atoms with Crippen molar-refractivity contribution in [2.75, 3.05) is 11.9 Å². The van der Waals surface area contributed by atoms with Gasteiger partial charge in [-0.25, -0.2) is 4.79 Å². The predicted molar refractivity (Wildman–Crippen MR) is 67.3 cm³/mol. The number of nitrogens with one attached hydrogen (secondary N) is 1. The normalized spacial score (nSPS) is 18.8. The van der Waals surface area contributed by atoms with Crippen molar-refractivity contribution in [3.05, 3.63) is 23.8 Å². The van der Waals surface area contributed by atoms with Crippen LogP contribution >= 0.6 is 0 Å². The van der Waals surface area contributed by atoms with Crippen LogP contribution in [0.25, 0.3) is 0 Å². The van der Waals surface area contributed by atoms with E-state index in [1.165, 1.54) is 18.2 Å². The van der Waals surface area contributed by atoms with Crippen molar-refractivity contribution >= 4 is 17.6 Å². The molecular formula is C13H15NO5. The maximum Gasteiger partial charge on any atom is 0.339 e. The van der Waals surface area contributed by atoms with Gasteiger partial charge in [-0.15, -0.1) is 0 Å². The van der Waals surface area contributed by atoms with Crippen LogP contribution in [-0.2, 0) is 9.53 Å². The van der Waals surface area contributed by atoms with E-state index in [0.717, 1.165) is 12.8 Å². The summed E-state index contributed by atoms with van der Waals surface area (Å²) in [4.78, 5) is 22.8. The number of hydrogen-bond donors (Lipinski definition) is 3. The molecule has 6 heteroatoms. The Hall–Kier alpha value is -2.08. The van der Waals surface area contributed by atoms with Crippen LogP contribution in [0.3, 0.4) is 0 Å². The second-order valence-corrected chi connectivity index (χ2v) is 4.38. The van der Waals surface area contributed by atoms with Gasteiger partial charge in [-0.3, -0.25) is 4.79 Å². The third kappa shape index (κ3) is 3.23. The topological polar surface area (TPSA) is 95.9 Å². The molecule has 2 rings (SSSR count). The SMILES string of the molecule is O=C(O)c1cc(NC(=O)C2CCCCO2)ccc1O. The van der Waals surface area contributed by atoms with Crippen molar-refractivity contribution < 1.29 is 24.5 Å². The van der Waals surface area contributed by atoms with Crippen LogP contribution in [0, 0.1) is 0 Å². The van der Waals surface area contributed by atoms with Crippen molar-refractivity contribution in [3.63, 3.8) is 0 Å². The lowest BCUT2D eigenvalue weighted by Crippen LogP contribution is -2.33. The molecule has 0 spiro atoms. The number of rotatable bonds is 3. The number of carboxylic acid groups (broad SMARTS) is 1. The number of carbonyl (C=O) groups is 2. The van der Waals surface area contributed by atoms with Gasteiger partial charge in [-0.2, -0.15) is 0 Å². The van der Waals surface area contributed by atoms with Gasteiger partial charge in [0.15, 0.2) is 0 Å². The quantitative estimate of drug-likeness (QED) is 0.721. The van der Waals surface area contributed by atoms with Crippen molar-refractivity contribution in [3.8, 4) is 5.75 Å². The Morgan fingerprint density at radius 1 is 1.32 bits per heavy atom. The zero-order valence-corrected chi connectivity index (χ0v) is 10.3. The smallest absolute Gasteiger partial charge is 0.339 e. The summed E-state index contributed by atoms with van der Waals surface area (Å²) in [7, 11) is 0. The molecule has 1 aliphatic rings. The molecule has 6 nitrogen and oxygen atoms in total. The molecule has 0 aromatic heterocycles. The minimum absolute atomic E-state index is 0.248. The summed E-state index contributed by atoms with van der Waals surface area (Å²) >= 11 is 0. The first-order valence-electron chi connectivity index (χ1n) is 6.06. The molecule has 3 N–H and O–H groups in total. The number of ether oxygens (including phenoxy) is 1. The highest BCUT2D eigenvalue weighted by atomic mass is 16.5. The first kappa shape index (κ1) is 13.4. The third-order valence-corrected chi connectivity index (χ3v) is 2.97. The van der Waals surface area contributed by atoms with Crippen LogP contribution < -0.4 is 5.32 Å². The van der Waals surface area contributed by atoms with Crippen LogP contribution in [0.1, 0.15) is 29.6 Å². The van der Waals surface area contributed by atoms with Gasteiger partial charge in [0.2, 0.25) is 0 Å². The van der Waals surface area contributed by atoms with Gasteiger partial charge in [-0.05, 0) is 37.5 Å². The molecule has 1 heterocycles. The molecule has 1 saturated heterocycles. The van der Waals surface area contributed by atoms with E-state index < -0.39 is 12.1 Å². The summed E-state index contributed by atoms with van der Waals surface area (Å²) in [6.07, 6.45) is 2.06. The van der Waals surface area contributed by atoms with Crippen molar-refractivity contribution in [1.29, 1.82) is 0 Å². The van der Waals surface area contributed by atoms with E-state index in [1.54, 1.807) is 0 Å². The van der Waals surface area contributed by atoms with Gasteiger partial charge in [0.25, 0.3) is 5.91 Å². The zero-order chi connectivity index (χ0) is 13.8. The number of carboxylic acids is 1. The lowest BCUT2D eigenvalue weighted by molar-refractivity contribution is -0.129. The number of aromatic carboxylic acids is 1. The minimum atomic E-state index is -1.25. The fourth-order valence-electron chi connectivity index (χ4n) is 1.96. The molecule has 1 aliphatic heterocycles. The Labute approximate surface area is 110 Å². The highest BCUT2D eigenvalue weighted by Crippen LogP contribution is 2.22. The molecule has 1 unspecified atom stereocenters. The zero-order valence-electron chi connectivity index (χ0n) is 10.3. The Balaban J connectivity index is 2.08. The van der Waals surface area contributed by atoms with Crippen LogP contribution in [-0.4, -0.2) is 34.8 Å². The molecule has 1 fully saturated rings. The first-order valence-corrected chi connectivity index (χ1v) is 6.06. The van der Waals surface area contributed by atoms with Gasteiger partial charge >= 0.3 is 5.97 Å². The Bertz CT molecular complexity index is 494. The van der Waals surface area contributed by atoms with Gasteiger partial charge in [0.05, 0.1) is 0 Å². The average molecular weight is 265 g/mol. The fourth-order valence-corrected chi connectivity index (χ4v) is 1.96. The minimum Gasteiger partial charge on any atom is -0.507 e. The molecule has 0 radical (unpaired) electrons. The molecule has 1 aromatic rings. The van der Waals surface area contributed by atoms with Crippen molar-refractivity contribution in [2.45, 2.75) is 25.4 Å². The largest absolute Gasteiger partial charge is 0.507 e. The van der Waals surface area contributed by atoms with E-state index in [9.17, 15) is 14.7 Å². The van der Waals surface area contributed by atoms with Crippen molar-refractivity contribution in [2.24, 2.45) is 0 Å². The summed E-state index contributed by atoms with van der Waals surface area (Å²) in [6, 6.07) is 3.90. The molecular weight excluding hydrogens is 250 g/mol. The van der Waals surface area contributed by atoms with Crippen LogP contribution in [0.4, 0.5) is 5.69 Å². The number of aromatic hydroxyl groups is 1. The lowest BCUT2D eigenvalue weighted by Gasteiger charge is -2.21. The molecule has 19 heavy (non-hydrogen) atoms. The fraction of sp³-hybridized carbons (Fsp3) is 0.385. The molecule has 0 saturated carbocycles. The predicted octanol–water partition coefficient (Wildman–Crippen LogP) is 1.60. The summed E-state index contributed by atoms with van der Waals surface area (Å²) in [5.41, 5.74) is 0.0803. The Morgan fingerprint density at radius 3 is 2.74 bits per heavy atom. The standard InChI is InChI=1S/C13H15NO5/c15-10-5-4-8(7-9(10)13(17)18)14-12(16)11-3-1-2-6-19-11/h4-5,7,11,15H,1-3,6H2,(H,14,16)(H,17,18). The Kier molecular flexibility index (Phi) is 4.01. The third-order valence-electron chi connectivity index (χ3n) is 2.97. The van der Waals surface area contributed by atoms with Gasteiger partial charge in [0.1, 0.15) is 17.4 Å². The van der Waals surface area contributed by atoms with E-state index in [4.69, 9.17) is 9.84 Å². The van der Waals surface area contributed by atoms with E-state index in [1.807, 2.05) is 0 Å². The van der Waals surface area contributed by atoms with Crippen LogP contribution in [0.2, 0.25) is 0 Å². The van der Waals surface area contributed by atoms with Crippen LogP contribution in [0.15, 0.2) is 18.2 Å². The number of hydrogen-bond acceptors (Lipinski definition) is 4. The van der Waals surface area contributed by atoms with Gasteiger partial charge < -0.3 is 20.3 Å². The summed E-state index contributed by atoms with van der Waals surface area (Å²) in [5, 5.41) is 20.8. The van der Waals surface area contributed by atoms with Crippen LogP contribution in [0.5, 0.6) is 5.75 Å². The van der Waals surface area contributed by atoms with E-state index in [2.05, 4.69) is 5.32 Å². The monoisotopic (exact) mass is 265 g/mol. The summed E-state index contributed by atoms with van der Waals surface area (Å²) < 4.78 is 5.34. The molecule has 0 aliphatic carbocycles. The maximum absolute atomic E-state index is 11.9. The van der Waals surface area contributed by atoms with E-state index in [-0.39, 0.29) is 17.2 Å². The van der Waals surface area contributed by atoms with E-state index in [0.29, 0.717) is 18.7 Å². The lowest BCUT2D eigenvalue weighted by atomic mass is 10.1. The number of carbonyl (C=O) groups excluding carboxylic acids is 1. The van der Waals surface area contributed by atoms with Crippen molar-refractivity contribution in [1.82, 2.24) is 0 Å². The molecule has 1 aromatic carbocycles. The maximum atomic E-state index is 11.9. The number of anilines is 1. The highest BCUT2D eigenvalue weighted by Gasteiger charge is 2.22. The molecule has 0 bridgehead atoms. The molecule has 1 amide bonds. The number of benzene rings is 1. The first-order chi connectivity index (χ1) is 9.08. The second-order valence-electron chi connectivity index (χ2n) is 4.38. The molecule has 1 atom stereocenters. The van der Waals surface area contributed by atoms with Gasteiger partial charge in [-0.1, -0.05) is 0 Å². The summed E-state index contributed by atoms with van der Waals surface area (Å²) in [6.45, 7) is 0.564. The second kappa shape index (κ2) is 5.71. The summed E-state index contributed by atoms with van der Waals surface area (Å²) in [5.74, 6) is -1.87. The van der Waals surface area contributed by atoms with Gasteiger partial charge in [0, 0.05) is 12.3 Å². The number of amides is 1. The average Bonchev–Trinajstić information content (AvgIpc) is 2.41.